The molecule has 19 heavy (non-hydrogen) atoms. The minimum atomic E-state index is -0.307. The van der Waals surface area contributed by atoms with Crippen LogP contribution in [0.15, 0.2) is 35.0 Å². The Morgan fingerprint density at radius 3 is 2.84 bits per heavy atom. The average molecular weight is 260 g/mol. The molecule has 0 aliphatic rings. The molecule has 2 N–H and O–H groups in total. The van der Waals surface area contributed by atoms with E-state index in [9.17, 15) is 0 Å². The Kier molecular flexibility index (Phi) is 4.58. The molecular formula is C15H20N2O2. The Bertz CT molecular complexity index is 522. The molecule has 0 aliphatic carbocycles. The third-order valence-corrected chi connectivity index (χ3v) is 2.90. The maximum absolute atomic E-state index is 6.19. The summed E-state index contributed by atoms with van der Waals surface area (Å²) in [6.07, 6.45) is 5.28. The van der Waals surface area contributed by atoms with Gasteiger partial charge in [-0.1, -0.05) is 13.8 Å². The van der Waals surface area contributed by atoms with Crippen molar-refractivity contribution in [1.82, 2.24) is 4.98 Å². The van der Waals surface area contributed by atoms with Crippen LogP contribution in [0.5, 0.6) is 5.75 Å². The van der Waals surface area contributed by atoms with Gasteiger partial charge in [-0.15, -0.1) is 0 Å². The van der Waals surface area contributed by atoms with Crippen molar-refractivity contribution in [2.45, 2.75) is 32.7 Å². The largest absolute Gasteiger partial charge is 0.492 e. The number of rotatable bonds is 6. The van der Waals surface area contributed by atoms with Crippen LogP contribution < -0.4 is 10.5 Å². The molecule has 1 atom stereocenters. The highest BCUT2D eigenvalue weighted by molar-refractivity contribution is 5.30. The van der Waals surface area contributed by atoms with Gasteiger partial charge >= 0.3 is 0 Å². The van der Waals surface area contributed by atoms with E-state index in [1.165, 1.54) is 0 Å². The van der Waals surface area contributed by atoms with Gasteiger partial charge in [0, 0.05) is 12.6 Å². The highest BCUT2D eigenvalue weighted by Crippen LogP contribution is 2.24. The third-order valence-electron chi connectivity index (χ3n) is 2.90. The summed E-state index contributed by atoms with van der Waals surface area (Å²) in [7, 11) is 0. The molecule has 0 fully saturated rings. The number of nitrogens with zero attached hydrogens (tertiary/aromatic N) is 1. The van der Waals surface area contributed by atoms with Gasteiger partial charge < -0.3 is 14.9 Å². The quantitative estimate of drug-likeness (QED) is 0.867. The summed E-state index contributed by atoms with van der Waals surface area (Å²) in [6.45, 7) is 4.80. The standard InChI is InChI=1S/C15H20N2O2/c1-3-7-18-13-8-11(9-17-10-13)15(16)14-6-5-12(4-2)19-14/h5-6,8-10,15H,3-4,7,16H2,1-2H3. The predicted octanol–water partition coefficient (Wildman–Crippen LogP) is 3.07. The number of aryl methyl sites for hydroxylation is 1. The van der Waals surface area contributed by atoms with Gasteiger partial charge in [0.05, 0.1) is 18.8 Å². The predicted molar refractivity (Wildman–Crippen MR) is 74.1 cm³/mol. The maximum Gasteiger partial charge on any atom is 0.137 e. The fourth-order valence-corrected chi connectivity index (χ4v) is 1.82. The number of hydrogen-bond acceptors (Lipinski definition) is 4. The average Bonchev–Trinajstić information content (AvgIpc) is 2.93. The van der Waals surface area contributed by atoms with Crippen molar-refractivity contribution < 1.29 is 9.15 Å². The van der Waals surface area contributed by atoms with Crippen molar-refractivity contribution in [2.24, 2.45) is 5.73 Å². The maximum atomic E-state index is 6.19. The van der Waals surface area contributed by atoms with Crippen molar-refractivity contribution in [2.75, 3.05) is 6.61 Å². The van der Waals surface area contributed by atoms with Gasteiger partial charge in [-0.25, -0.2) is 0 Å². The normalized spacial score (nSPS) is 12.4. The molecule has 0 radical (unpaired) electrons. The zero-order valence-electron chi connectivity index (χ0n) is 11.4. The minimum absolute atomic E-state index is 0.307. The van der Waals surface area contributed by atoms with E-state index >= 15 is 0 Å². The summed E-state index contributed by atoms with van der Waals surface area (Å²) < 4.78 is 11.2. The van der Waals surface area contributed by atoms with Crippen molar-refractivity contribution in [3.63, 3.8) is 0 Å². The highest BCUT2D eigenvalue weighted by atomic mass is 16.5. The molecule has 102 valence electrons. The van der Waals surface area contributed by atoms with Crippen LogP contribution in [-0.2, 0) is 6.42 Å². The minimum Gasteiger partial charge on any atom is -0.492 e. The van der Waals surface area contributed by atoms with Crippen molar-refractivity contribution in [3.05, 3.63) is 47.7 Å². The van der Waals surface area contributed by atoms with Crippen molar-refractivity contribution in [3.8, 4) is 5.75 Å². The van der Waals surface area contributed by atoms with Crippen LogP contribution in [0.3, 0.4) is 0 Å². The fourth-order valence-electron chi connectivity index (χ4n) is 1.82. The van der Waals surface area contributed by atoms with E-state index in [-0.39, 0.29) is 6.04 Å². The summed E-state index contributed by atoms with van der Waals surface area (Å²) in [4.78, 5) is 4.16. The van der Waals surface area contributed by atoms with Crippen LogP contribution in [0, 0.1) is 0 Å². The molecule has 0 bridgehead atoms. The molecule has 4 heteroatoms. The SMILES string of the molecule is CCCOc1cncc(C(N)c2ccc(CC)o2)c1. The molecule has 0 amide bonds. The number of nitrogens with two attached hydrogens (primary N) is 1. The molecule has 2 heterocycles. The molecule has 4 nitrogen and oxygen atoms in total. The molecule has 2 rings (SSSR count). The summed E-state index contributed by atoms with van der Waals surface area (Å²) in [6, 6.07) is 5.49. The Balaban J connectivity index is 2.15. The van der Waals surface area contributed by atoms with E-state index in [0.29, 0.717) is 6.61 Å². The molecule has 0 saturated heterocycles. The van der Waals surface area contributed by atoms with Crippen molar-refractivity contribution >= 4 is 0 Å². The molecule has 0 spiro atoms. The molecule has 0 saturated carbocycles. The first kappa shape index (κ1) is 13.6. The van der Waals surface area contributed by atoms with E-state index in [0.717, 1.165) is 35.7 Å². The lowest BCUT2D eigenvalue weighted by atomic mass is 10.1. The zero-order chi connectivity index (χ0) is 13.7. The lowest BCUT2D eigenvalue weighted by molar-refractivity contribution is 0.315. The van der Waals surface area contributed by atoms with Crippen molar-refractivity contribution in [1.29, 1.82) is 0 Å². The molecule has 0 aliphatic heterocycles. The Morgan fingerprint density at radius 2 is 2.16 bits per heavy atom. The van der Waals surface area contributed by atoms with Crippen LogP contribution in [0.2, 0.25) is 0 Å². The third kappa shape index (κ3) is 3.35. The van der Waals surface area contributed by atoms with E-state index in [4.69, 9.17) is 14.9 Å². The molecule has 2 aromatic heterocycles. The van der Waals surface area contributed by atoms with Gasteiger partial charge in [0.1, 0.15) is 17.3 Å². The van der Waals surface area contributed by atoms with Crippen LogP contribution in [0.1, 0.15) is 43.4 Å². The first-order chi connectivity index (χ1) is 9.24. The van der Waals surface area contributed by atoms with E-state index in [1.54, 1.807) is 12.4 Å². The van der Waals surface area contributed by atoms with Crippen LogP contribution in [0.4, 0.5) is 0 Å². The summed E-state index contributed by atoms with van der Waals surface area (Å²) >= 11 is 0. The summed E-state index contributed by atoms with van der Waals surface area (Å²) in [5.41, 5.74) is 7.09. The molecule has 2 aromatic rings. The topological polar surface area (TPSA) is 61.3 Å². The second-order valence-corrected chi connectivity index (χ2v) is 4.44. The van der Waals surface area contributed by atoms with Crippen LogP contribution >= 0.6 is 0 Å². The zero-order valence-corrected chi connectivity index (χ0v) is 11.4. The lowest BCUT2D eigenvalue weighted by Crippen LogP contribution is -2.11. The molecular weight excluding hydrogens is 240 g/mol. The molecule has 1 unspecified atom stereocenters. The van der Waals surface area contributed by atoms with Gasteiger partial charge in [0.2, 0.25) is 0 Å². The lowest BCUT2D eigenvalue weighted by Gasteiger charge is -2.11. The second-order valence-electron chi connectivity index (χ2n) is 4.44. The number of furan rings is 1. The number of hydrogen-bond donors (Lipinski definition) is 1. The monoisotopic (exact) mass is 260 g/mol. The number of aromatic nitrogens is 1. The van der Waals surface area contributed by atoms with E-state index in [2.05, 4.69) is 18.8 Å². The van der Waals surface area contributed by atoms with Gasteiger partial charge in [-0.2, -0.15) is 0 Å². The van der Waals surface area contributed by atoms with Gasteiger partial charge in [-0.05, 0) is 30.2 Å². The van der Waals surface area contributed by atoms with Gasteiger partial charge in [0.25, 0.3) is 0 Å². The number of pyridine rings is 1. The Hall–Kier alpha value is -1.81. The Labute approximate surface area is 113 Å². The second kappa shape index (κ2) is 6.38. The highest BCUT2D eigenvalue weighted by Gasteiger charge is 2.14. The summed E-state index contributed by atoms with van der Waals surface area (Å²) in [5, 5.41) is 0. The first-order valence-electron chi connectivity index (χ1n) is 6.66. The van der Waals surface area contributed by atoms with Crippen LogP contribution in [-0.4, -0.2) is 11.6 Å². The van der Waals surface area contributed by atoms with Gasteiger partial charge in [0.15, 0.2) is 0 Å². The van der Waals surface area contributed by atoms with E-state index in [1.807, 2.05) is 18.2 Å². The van der Waals surface area contributed by atoms with Gasteiger partial charge in [-0.3, -0.25) is 4.98 Å². The smallest absolute Gasteiger partial charge is 0.137 e. The first-order valence-corrected chi connectivity index (χ1v) is 6.66. The summed E-state index contributed by atoms with van der Waals surface area (Å²) in [5.74, 6) is 2.44. The molecule has 0 aromatic carbocycles. The fraction of sp³-hybridized carbons (Fsp3) is 0.400. The Morgan fingerprint density at radius 1 is 1.32 bits per heavy atom. The number of ether oxygens (including phenoxy) is 1. The van der Waals surface area contributed by atoms with E-state index < -0.39 is 0 Å². The van der Waals surface area contributed by atoms with Crippen LogP contribution in [0.25, 0.3) is 0 Å².